The quantitative estimate of drug-likeness (QED) is 0.0711. The van der Waals surface area contributed by atoms with Crippen LogP contribution in [-0.4, -0.2) is 224 Å². The Balaban J connectivity index is 0.00000667. The topological polar surface area (TPSA) is 491 Å². The van der Waals surface area contributed by atoms with Crippen molar-refractivity contribution in [3.8, 4) is 57.1 Å². The molecule has 0 radical (unpaired) electrons. The molecule has 5 aromatic carbocycles. The number of nitrogens with one attached hydrogen (secondary N) is 7. The van der Waals surface area contributed by atoms with E-state index in [0.29, 0.717) is 0 Å². The highest BCUT2D eigenvalue weighted by Gasteiger charge is 2.53. The third kappa shape index (κ3) is 17.8. The van der Waals surface area contributed by atoms with Crippen LogP contribution in [0.15, 0.2) is 72.8 Å². The predicted molar refractivity (Wildman–Crippen MR) is 403 cm³/mol. The molecule has 12 rings (SSSR count). The molecule has 18 atom stereocenters. The van der Waals surface area contributed by atoms with Crippen molar-refractivity contribution in [3.05, 3.63) is 116 Å². The van der Waals surface area contributed by atoms with Gasteiger partial charge in [-0.15, -0.1) is 0 Å². The second-order valence-electron chi connectivity index (χ2n) is 27.8. The van der Waals surface area contributed by atoms with E-state index in [-0.39, 0.29) is 74.2 Å². The van der Waals surface area contributed by atoms with E-state index in [1.807, 2.05) is 13.8 Å². The number of ether oxygens (including phenoxy) is 6. The highest BCUT2D eigenvalue weighted by Crippen LogP contribution is 2.51. The van der Waals surface area contributed by atoms with Crippen molar-refractivity contribution >= 4 is 108 Å². The minimum Gasteiger partial charge on any atom is -0.508 e. The maximum Gasteiger partial charge on any atom is 0.249 e. The van der Waals surface area contributed by atoms with Gasteiger partial charge < -0.3 is 127 Å². The lowest BCUT2D eigenvalue weighted by atomic mass is 9.84. The Kier molecular flexibility index (Phi) is 27.4. The van der Waals surface area contributed by atoms with Gasteiger partial charge in [0, 0.05) is 74.4 Å². The third-order valence-corrected chi connectivity index (χ3v) is 20.2. The molecule has 2 fully saturated rings. The number of halogens is 4. The number of aliphatic hydroxyl groups excluding tert-OH is 6. The second kappa shape index (κ2) is 35.1. The number of nitrogens with zero attached hydrogens (tertiary/aromatic N) is 2. The fraction of sp³-hybridized carbons (Fsp3) is 0.465. The third-order valence-electron chi connectivity index (χ3n) is 19.6. The summed E-state index contributed by atoms with van der Waals surface area (Å²) in [7, 11) is 7.56. The van der Waals surface area contributed by atoms with E-state index in [4.69, 9.17) is 57.4 Å². The van der Waals surface area contributed by atoms with Gasteiger partial charge in [0.25, 0.3) is 0 Å². The van der Waals surface area contributed by atoms with Crippen molar-refractivity contribution in [1.82, 2.24) is 47.0 Å². The van der Waals surface area contributed by atoms with Gasteiger partial charge in [0.2, 0.25) is 59.3 Å². The van der Waals surface area contributed by atoms with E-state index in [2.05, 4.69) is 74.4 Å². The number of benzene rings is 5. The number of hydrogen-bond donors (Lipinski definition) is 17. The molecule has 0 spiro atoms. The van der Waals surface area contributed by atoms with Gasteiger partial charge in [0.15, 0.2) is 23.9 Å². The molecule has 0 saturated carbocycles. The first-order valence-corrected chi connectivity index (χ1v) is 41.0. The van der Waals surface area contributed by atoms with Crippen molar-refractivity contribution < 1.29 is 113 Å². The van der Waals surface area contributed by atoms with Crippen molar-refractivity contribution in [2.24, 2.45) is 11.7 Å². The maximum atomic E-state index is 16.2. The van der Waals surface area contributed by atoms with Crippen molar-refractivity contribution in [2.75, 3.05) is 41.8 Å². The van der Waals surface area contributed by atoms with Gasteiger partial charge in [0.1, 0.15) is 95.5 Å². The molecule has 2 saturated heterocycles. The largest absolute Gasteiger partial charge is 0.508 e. The van der Waals surface area contributed by atoms with Crippen LogP contribution in [0.25, 0.3) is 11.1 Å². The Labute approximate surface area is 653 Å². The number of rotatable bonds is 14. The maximum absolute atomic E-state index is 16.2. The minimum atomic E-state index is -2.32. The summed E-state index contributed by atoms with van der Waals surface area (Å²) in [6.07, 6.45) is -17.9. The van der Waals surface area contributed by atoms with Crippen LogP contribution in [0, 0.1) is 12.8 Å². The second-order valence-corrected chi connectivity index (χ2v) is 28.6. The molecule has 37 heteroatoms. The molecule has 0 aromatic heterocycles. The fourth-order valence-corrected chi connectivity index (χ4v) is 13.7. The summed E-state index contributed by atoms with van der Waals surface area (Å²) in [5.74, 6) is -14.2. The standard InChI is InChI=1S/C71H86Cl2N10O23.I2/c1-27(2)17-38(75-6)63(94)80-53-56(89)31-12-15-42(36(72)19-31)102-44-21-33-22-45(60(44)106-70-61(59(92)58(91)46(26-84)104-70)105-48-25-71(5,83(9)10)62(93)29(4)101-48)103-43-16-13-32(20-37(43)73)57(90)54-68(99)79-52(69(100)82(7)8)35-23-41(86)28(3)55(88)49(35)34-18-30(11-14-40(34)85)50(65(96)81-54)78-66(97)51(33)77-64(95)39(24-47(74)87)76-67(53)98;1-2/h11-16,18-23,27,29,38-39,46,48,50-54,56-59,61-62,70,75,84-86,88-93H,17,24-26H2,1-10H3,(H2,74,87)(H,76,98)(H,77,95)(H,78,97)(H,79,99)(H,80,94)(H,81,96);/t29-,38+,39-,46+,48-,50+,51+,52-,53?,54-,56+,57+,58+,59-,61+,62+,70-,71-;/m0./s1. The van der Waals surface area contributed by atoms with Crippen LogP contribution in [0.1, 0.15) is 111 Å². The molecule has 18 N–H and O–H groups in total. The summed E-state index contributed by atoms with van der Waals surface area (Å²) in [4.78, 5) is 122. The lowest BCUT2D eigenvalue weighted by Gasteiger charge is -2.50. The molecule has 7 aliphatic heterocycles. The lowest BCUT2D eigenvalue weighted by molar-refractivity contribution is -0.337. The van der Waals surface area contributed by atoms with Crippen LogP contribution in [0.4, 0.5) is 0 Å². The van der Waals surface area contributed by atoms with Gasteiger partial charge >= 0.3 is 0 Å². The Bertz CT molecular complexity index is 4260. The Hall–Kier alpha value is -7.74. The van der Waals surface area contributed by atoms with Gasteiger partial charge in [-0.2, -0.15) is 0 Å². The summed E-state index contributed by atoms with van der Waals surface area (Å²) in [6, 6.07) is -0.146. The number of phenols is 3. The zero-order valence-corrected chi connectivity index (χ0v) is 65.7. The monoisotopic (exact) mass is 1770 g/mol. The van der Waals surface area contributed by atoms with E-state index < -0.39 is 215 Å². The number of amides is 8. The fourth-order valence-electron chi connectivity index (χ4n) is 13.3. The zero-order valence-electron chi connectivity index (χ0n) is 59.9. The molecule has 5 aromatic rings. The molecule has 1 unspecified atom stereocenters. The molecule has 108 heavy (non-hydrogen) atoms. The average Bonchev–Trinajstić information content (AvgIpc) is 0.760. The van der Waals surface area contributed by atoms with E-state index in [1.54, 1.807) is 32.8 Å². The number of carbonyl (C=O) groups excluding carboxylic acids is 8. The number of primary amides is 1. The smallest absolute Gasteiger partial charge is 0.249 e. The summed E-state index contributed by atoms with van der Waals surface area (Å²) in [6.45, 7) is 7.32. The molecule has 7 aliphatic rings. The number of aliphatic hydroxyl groups is 6. The molecule has 7 heterocycles. The minimum absolute atomic E-state index is 0.0766. The number of aromatic hydroxyl groups is 3. The molecule has 11 bridgehead atoms. The van der Waals surface area contributed by atoms with Crippen molar-refractivity contribution in [3.63, 3.8) is 0 Å². The van der Waals surface area contributed by atoms with Crippen LogP contribution in [0.3, 0.4) is 0 Å². The SMILES string of the molecule is CN[C@H](CC(C)C)C(=O)NC1C(=O)N[C@@H](CC(N)=O)C(=O)N[C@H]2C(=O)N[C@H]3C(=O)N[C@H](C(=O)N[C@H](C(=O)N(C)C)c4cc(O)c(C)c(O)c4-c4cc3ccc4O)[C@H](O)c3ccc(c(Cl)c3)Oc3cc2cc(c3O[C@@H]2O[C@H](CO)[C@@H](O)[C@H](O)[C@H]2O[C@H]2C[C@](C)(N(C)C)[C@H](O)[C@H](C)O2)Oc2ccc(cc2Cl)[C@H]1O.II. The Morgan fingerprint density at radius 3 is 1.87 bits per heavy atom. The highest BCUT2D eigenvalue weighted by molar-refractivity contribution is 15.0. The van der Waals surface area contributed by atoms with Crippen LogP contribution in [-0.2, 0) is 52.6 Å². The number of nitrogens with two attached hydrogens (primary N) is 1. The Morgan fingerprint density at radius 2 is 1.31 bits per heavy atom. The normalized spacial score (nSPS) is 28.2. The summed E-state index contributed by atoms with van der Waals surface area (Å²) >= 11 is 18.5. The molecule has 8 amide bonds. The van der Waals surface area contributed by atoms with E-state index >= 15 is 19.2 Å². The first-order valence-electron chi connectivity index (χ1n) is 33.9. The van der Waals surface area contributed by atoms with E-state index in [9.17, 15) is 65.1 Å². The highest BCUT2D eigenvalue weighted by atomic mass is 128. The van der Waals surface area contributed by atoms with Gasteiger partial charge in [-0.3, -0.25) is 38.4 Å². The van der Waals surface area contributed by atoms with Crippen LogP contribution < -0.4 is 57.2 Å². The van der Waals surface area contributed by atoms with Crippen LogP contribution >= 0.6 is 60.4 Å². The summed E-state index contributed by atoms with van der Waals surface area (Å²) in [5.41, 5.74) is 2.37. The Morgan fingerprint density at radius 1 is 0.722 bits per heavy atom. The number of carbonyl (C=O) groups is 8. The molecule has 33 nitrogen and oxygen atoms in total. The van der Waals surface area contributed by atoms with E-state index in [1.165, 1.54) is 52.3 Å². The van der Waals surface area contributed by atoms with Crippen molar-refractivity contribution in [1.29, 1.82) is 0 Å². The first kappa shape index (κ1) is 84.3. The van der Waals surface area contributed by atoms with Crippen LogP contribution in [0.2, 0.25) is 10.0 Å². The van der Waals surface area contributed by atoms with Crippen molar-refractivity contribution in [2.45, 2.75) is 163 Å². The molecule has 586 valence electrons. The number of likely N-dealkylation sites (N-methyl/N-ethyl adjacent to an activating group) is 3. The van der Waals surface area contributed by atoms with E-state index in [0.717, 1.165) is 53.4 Å². The van der Waals surface area contributed by atoms with Gasteiger partial charge in [0.05, 0.1) is 46.9 Å². The molecule has 0 aliphatic carbocycles. The summed E-state index contributed by atoms with van der Waals surface area (Å²) in [5, 5.41) is 123. The lowest BCUT2D eigenvalue weighted by Crippen LogP contribution is -2.65. The van der Waals surface area contributed by atoms with Gasteiger partial charge in [-0.1, -0.05) is 55.2 Å². The summed E-state index contributed by atoms with van der Waals surface area (Å²) < 4.78 is 39.0. The molecular formula is C71H86Cl2I2N10O23. The first-order chi connectivity index (χ1) is 50.9. The number of phenolic OH excluding ortho intramolecular Hbond substituents is 3. The zero-order chi connectivity index (χ0) is 79.6. The molecular weight excluding hydrogens is 1690 g/mol. The van der Waals surface area contributed by atoms with Crippen LogP contribution in [0.5, 0.6) is 46.0 Å². The number of hydrogen-bond acceptors (Lipinski definition) is 25. The van der Waals surface area contributed by atoms with Gasteiger partial charge in [-0.05, 0) is 137 Å². The van der Waals surface area contributed by atoms with Gasteiger partial charge in [-0.25, -0.2) is 0 Å². The number of fused-ring (bicyclic) bond motifs is 15. The average molecular weight is 1770 g/mol. The predicted octanol–water partition coefficient (Wildman–Crippen LogP) is 2.79.